The van der Waals surface area contributed by atoms with Crippen LogP contribution in [0.5, 0.6) is 0 Å². The van der Waals surface area contributed by atoms with E-state index in [1.54, 1.807) is 6.26 Å². The second kappa shape index (κ2) is 2.65. The van der Waals surface area contributed by atoms with Gasteiger partial charge in [0.1, 0.15) is 5.76 Å². The van der Waals surface area contributed by atoms with Crippen LogP contribution in [-0.2, 0) is 0 Å². The van der Waals surface area contributed by atoms with Crippen molar-refractivity contribution in [1.82, 2.24) is 5.16 Å². The largest absolute Gasteiger partial charge is 0.469 e. The number of aromatic nitrogens is 1. The fraction of sp³-hybridized carbons (Fsp3) is 0.222. The van der Waals surface area contributed by atoms with Crippen LogP contribution in [0.4, 0.5) is 5.82 Å². The fourth-order valence-electron chi connectivity index (χ4n) is 1.22. The van der Waals surface area contributed by atoms with E-state index in [0.29, 0.717) is 11.6 Å². The van der Waals surface area contributed by atoms with Crippen LogP contribution in [0.15, 0.2) is 21.3 Å². The molecule has 0 saturated carbocycles. The van der Waals surface area contributed by atoms with Crippen LogP contribution in [-0.4, -0.2) is 5.16 Å². The van der Waals surface area contributed by atoms with Gasteiger partial charge in [-0.2, -0.15) is 0 Å². The summed E-state index contributed by atoms with van der Waals surface area (Å²) in [6.45, 7) is 3.74. The summed E-state index contributed by atoms with van der Waals surface area (Å²) >= 11 is 0. The van der Waals surface area contributed by atoms with Gasteiger partial charge >= 0.3 is 0 Å². The normalized spacial score (nSPS) is 10.6. The molecule has 0 unspecified atom stereocenters. The smallest absolute Gasteiger partial charge is 0.175 e. The van der Waals surface area contributed by atoms with E-state index in [1.807, 2.05) is 19.9 Å². The van der Waals surface area contributed by atoms with E-state index in [-0.39, 0.29) is 0 Å². The Labute approximate surface area is 75.3 Å². The Balaban J connectivity index is 2.59. The average molecular weight is 178 g/mol. The summed E-state index contributed by atoms with van der Waals surface area (Å²) in [5.41, 5.74) is 7.32. The zero-order chi connectivity index (χ0) is 9.42. The molecule has 2 N–H and O–H groups in total. The van der Waals surface area contributed by atoms with Gasteiger partial charge in [-0.1, -0.05) is 5.16 Å². The lowest BCUT2D eigenvalue weighted by Gasteiger charge is -1.92. The zero-order valence-corrected chi connectivity index (χ0v) is 7.50. The highest BCUT2D eigenvalue weighted by atomic mass is 16.5. The Morgan fingerprint density at radius 1 is 1.38 bits per heavy atom. The number of nitrogens with two attached hydrogens (primary N) is 1. The second-order valence-electron chi connectivity index (χ2n) is 2.91. The van der Waals surface area contributed by atoms with E-state index in [2.05, 4.69) is 5.16 Å². The first kappa shape index (κ1) is 7.91. The van der Waals surface area contributed by atoms with Crippen LogP contribution in [0, 0.1) is 13.8 Å². The molecule has 0 aliphatic carbocycles. The molecule has 0 fully saturated rings. The Morgan fingerprint density at radius 3 is 2.62 bits per heavy atom. The van der Waals surface area contributed by atoms with Crippen LogP contribution < -0.4 is 5.73 Å². The summed E-state index contributed by atoms with van der Waals surface area (Å²) < 4.78 is 10.2. The summed E-state index contributed by atoms with van der Waals surface area (Å²) in [7, 11) is 0. The topological polar surface area (TPSA) is 65.2 Å². The SMILES string of the molecule is Cc1occc1-c1onc(N)c1C. The maximum Gasteiger partial charge on any atom is 0.175 e. The highest BCUT2D eigenvalue weighted by molar-refractivity contribution is 5.66. The lowest BCUT2D eigenvalue weighted by molar-refractivity contribution is 0.433. The van der Waals surface area contributed by atoms with E-state index in [0.717, 1.165) is 16.9 Å². The van der Waals surface area contributed by atoms with Gasteiger partial charge in [-0.15, -0.1) is 0 Å². The number of furan rings is 1. The number of rotatable bonds is 1. The van der Waals surface area contributed by atoms with Gasteiger partial charge in [0.15, 0.2) is 11.6 Å². The molecule has 2 rings (SSSR count). The second-order valence-corrected chi connectivity index (χ2v) is 2.91. The summed E-state index contributed by atoms with van der Waals surface area (Å²) in [6.07, 6.45) is 1.61. The maximum absolute atomic E-state index is 5.56. The Kier molecular flexibility index (Phi) is 1.62. The van der Waals surface area contributed by atoms with Crippen molar-refractivity contribution in [3.63, 3.8) is 0 Å². The molecule has 0 radical (unpaired) electrons. The fourth-order valence-corrected chi connectivity index (χ4v) is 1.22. The molecule has 13 heavy (non-hydrogen) atoms. The first-order valence-corrected chi connectivity index (χ1v) is 3.96. The molecule has 0 atom stereocenters. The minimum Gasteiger partial charge on any atom is -0.469 e. The molecular weight excluding hydrogens is 168 g/mol. The van der Waals surface area contributed by atoms with E-state index in [4.69, 9.17) is 14.7 Å². The molecule has 2 heterocycles. The predicted octanol–water partition coefficient (Wildman–Crippen LogP) is 2.13. The molecule has 0 spiro atoms. The quantitative estimate of drug-likeness (QED) is 0.726. The van der Waals surface area contributed by atoms with Crippen molar-refractivity contribution >= 4 is 5.82 Å². The van der Waals surface area contributed by atoms with Crippen molar-refractivity contribution in [2.45, 2.75) is 13.8 Å². The molecule has 4 heteroatoms. The summed E-state index contributed by atoms with van der Waals surface area (Å²) in [4.78, 5) is 0. The number of aryl methyl sites for hydroxylation is 1. The molecule has 4 nitrogen and oxygen atoms in total. The van der Waals surface area contributed by atoms with E-state index in [9.17, 15) is 0 Å². The Bertz CT molecular complexity index is 429. The van der Waals surface area contributed by atoms with Gasteiger partial charge in [0.05, 0.1) is 11.8 Å². The van der Waals surface area contributed by atoms with Gasteiger partial charge in [0.25, 0.3) is 0 Å². The first-order chi connectivity index (χ1) is 6.20. The molecule has 0 bridgehead atoms. The monoisotopic (exact) mass is 178 g/mol. The highest BCUT2D eigenvalue weighted by Gasteiger charge is 2.14. The van der Waals surface area contributed by atoms with Gasteiger partial charge in [0.2, 0.25) is 0 Å². The number of anilines is 1. The summed E-state index contributed by atoms with van der Waals surface area (Å²) in [5, 5.41) is 3.67. The molecule has 68 valence electrons. The van der Waals surface area contributed by atoms with E-state index in [1.165, 1.54) is 0 Å². The molecule has 0 saturated heterocycles. The maximum atomic E-state index is 5.56. The zero-order valence-electron chi connectivity index (χ0n) is 7.50. The lowest BCUT2D eigenvalue weighted by atomic mass is 10.1. The number of nitrogen functional groups attached to an aromatic ring is 1. The van der Waals surface area contributed by atoms with Crippen molar-refractivity contribution < 1.29 is 8.94 Å². The highest BCUT2D eigenvalue weighted by Crippen LogP contribution is 2.29. The van der Waals surface area contributed by atoms with E-state index < -0.39 is 0 Å². The van der Waals surface area contributed by atoms with Crippen LogP contribution in [0.3, 0.4) is 0 Å². The molecule has 2 aromatic heterocycles. The van der Waals surface area contributed by atoms with Crippen molar-refractivity contribution in [3.05, 3.63) is 23.7 Å². The molecule has 0 aliphatic rings. The van der Waals surface area contributed by atoms with Crippen LogP contribution in [0.1, 0.15) is 11.3 Å². The van der Waals surface area contributed by atoms with Crippen molar-refractivity contribution in [2.24, 2.45) is 0 Å². The molecule has 0 aliphatic heterocycles. The number of hydrogen-bond donors (Lipinski definition) is 1. The summed E-state index contributed by atoms with van der Waals surface area (Å²) in [6, 6.07) is 1.84. The number of hydrogen-bond acceptors (Lipinski definition) is 4. The number of nitrogens with zero attached hydrogens (tertiary/aromatic N) is 1. The molecular formula is C9H10N2O2. The van der Waals surface area contributed by atoms with Crippen LogP contribution in [0.2, 0.25) is 0 Å². The van der Waals surface area contributed by atoms with Gasteiger partial charge in [0, 0.05) is 5.56 Å². The third-order valence-corrected chi connectivity index (χ3v) is 2.06. The van der Waals surface area contributed by atoms with Gasteiger partial charge in [-0.25, -0.2) is 0 Å². The lowest BCUT2D eigenvalue weighted by Crippen LogP contribution is -1.86. The van der Waals surface area contributed by atoms with Crippen molar-refractivity contribution in [3.8, 4) is 11.3 Å². The van der Waals surface area contributed by atoms with Crippen LogP contribution >= 0.6 is 0 Å². The third-order valence-electron chi connectivity index (χ3n) is 2.06. The van der Waals surface area contributed by atoms with Gasteiger partial charge in [-0.05, 0) is 19.9 Å². The standard InChI is InChI=1S/C9H10N2O2/c1-5-8(13-11-9(5)10)7-3-4-12-6(7)2/h3-4H,1-2H3,(H2,10,11). The molecule has 0 aromatic carbocycles. The third kappa shape index (κ3) is 1.11. The van der Waals surface area contributed by atoms with Gasteiger partial charge in [-0.3, -0.25) is 0 Å². The average Bonchev–Trinajstić information content (AvgIpc) is 2.62. The summed E-state index contributed by atoms with van der Waals surface area (Å²) in [5.74, 6) is 1.92. The first-order valence-electron chi connectivity index (χ1n) is 3.96. The Morgan fingerprint density at radius 2 is 2.15 bits per heavy atom. The van der Waals surface area contributed by atoms with Crippen molar-refractivity contribution in [2.75, 3.05) is 5.73 Å². The van der Waals surface area contributed by atoms with Crippen LogP contribution in [0.25, 0.3) is 11.3 Å². The molecule has 0 amide bonds. The minimum absolute atomic E-state index is 0.426. The van der Waals surface area contributed by atoms with E-state index >= 15 is 0 Å². The van der Waals surface area contributed by atoms with Crippen molar-refractivity contribution in [1.29, 1.82) is 0 Å². The molecule has 2 aromatic rings. The predicted molar refractivity (Wildman–Crippen MR) is 48.1 cm³/mol. The minimum atomic E-state index is 0.426. The Hall–Kier alpha value is -1.71. The van der Waals surface area contributed by atoms with Gasteiger partial charge < -0.3 is 14.7 Å².